The van der Waals surface area contributed by atoms with E-state index in [2.05, 4.69) is 0 Å². The number of primary amides is 1. The van der Waals surface area contributed by atoms with Gasteiger partial charge in [0.25, 0.3) is 5.91 Å². The van der Waals surface area contributed by atoms with Crippen molar-refractivity contribution in [3.8, 4) is 0 Å². The van der Waals surface area contributed by atoms with Crippen molar-refractivity contribution < 1.29 is 18.8 Å². The van der Waals surface area contributed by atoms with Crippen LogP contribution in [-0.4, -0.2) is 17.7 Å². The number of halogens is 1. The van der Waals surface area contributed by atoms with Crippen LogP contribution < -0.4 is 10.6 Å². The van der Waals surface area contributed by atoms with E-state index in [9.17, 15) is 18.8 Å². The van der Waals surface area contributed by atoms with Crippen LogP contribution in [0.25, 0.3) is 0 Å². The van der Waals surface area contributed by atoms with Gasteiger partial charge in [0.1, 0.15) is 5.82 Å². The Bertz CT molecular complexity index is 596. The lowest BCUT2D eigenvalue weighted by Gasteiger charge is -2.18. The minimum Gasteiger partial charge on any atom is -0.366 e. The van der Waals surface area contributed by atoms with Crippen LogP contribution in [-0.2, 0) is 9.59 Å². The van der Waals surface area contributed by atoms with Crippen LogP contribution in [0.15, 0.2) is 18.2 Å². The molecule has 0 aromatic heterocycles. The highest BCUT2D eigenvalue weighted by atomic mass is 19.1. The number of benzene rings is 1. The van der Waals surface area contributed by atoms with E-state index in [4.69, 9.17) is 5.73 Å². The molecule has 0 spiro atoms. The molecule has 19 heavy (non-hydrogen) atoms. The van der Waals surface area contributed by atoms with Gasteiger partial charge in [-0.3, -0.25) is 14.4 Å². The summed E-state index contributed by atoms with van der Waals surface area (Å²) >= 11 is 0. The molecule has 0 radical (unpaired) electrons. The summed E-state index contributed by atoms with van der Waals surface area (Å²) in [4.78, 5) is 35.7. The molecule has 100 valence electrons. The number of hydrogen-bond donors (Lipinski definition) is 1. The minimum absolute atomic E-state index is 0.0744. The number of amides is 3. The van der Waals surface area contributed by atoms with Gasteiger partial charge >= 0.3 is 0 Å². The second kappa shape index (κ2) is 4.15. The highest BCUT2D eigenvalue weighted by molar-refractivity contribution is 6.22. The summed E-state index contributed by atoms with van der Waals surface area (Å²) in [6.45, 7) is 3.31. The Hall–Kier alpha value is -2.24. The van der Waals surface area contributed by atoms with Gasteiger partial charge in [-0.2, -0.15) is 0 Å². The Kier molecular flexibility index (Phi) is 2.88. The van der Waals surface area contributed by atoms with Gasteiger partial charge in [-0.25, -0.2) is 9.29 Å². The van der Waals surface area contributed by atoms with Gasteiger partial charge in [0.05, 0.1) is 16.7 Å². The monoisotopic (exact) mass is 264 g/mol. The maximum Gasteiger partial charge on any atom is 0.251 e. The highest BCUT2D eigenvalue weighted by Crippen LogP contribution is 2.35. The Balaban J connectivity index is 2.44. The summed E-state index contributed by atoms with van der Waals surface area (Å²) in [6, 6.07) is 3.47. The molecule has 1 aliphatic heterocycles. The first-order chi connectivity index (χ1) is 8.74. The van der Waals surface area contributed by atoms with E-state index in [1.54, 1.807) is 13.8 Å². The first kappa shape index (κ1) is 13.2. The molecule has 1 fully saturated rings. The van der Waals surface area contributed by atoms with Crippen LogP contribution in [0.3, 0.4) is 0 Å². The average molecular weight is 264 g/mol. The smallest absolute Gasteiger partial charge is 0.251 e. The molecule has 5 nitrogen and oxygen atoms in total. The number of imide groups is 1. The average Bonchev–Trinajstić information content (AvgIpc) is 2.47. The lowest BCUT2D eigenvalue weighted by molar-refractivity contribution is -0.124. The van der Waals surface area contributed by atoms with Crippen LogP contribution in [0.4, 0.5) is 10.1 Å². The molecule has 1 heterocycles. The number of anilines is 1. The van der Waals surface area contributed by atoms with Crippen molar-refractivity contribution in [2.24, 2.45) is 11.1 Å². The van der Waals surface area contributed by atoms with Gasteiger partial charge in [0, 0.05) is 6.42 Å². The molecule has 2 N–H and O–H groups in total. The molecule has 1 aromatic carbocycles. The summed E-state index contributed by atoms with van der Waals surface area (Å²) in [5, 5.41) is 0. The molecule has 0 saturated carbocycles. The van der Waals surface area contributed by atoms with E-state index in [1.165, 1.54) is 12.1 Å². The van der Waals surface area contributed by atoms with Crippen LogP contribution in [0, 0.1) is 11.2 Å². The molecule has 1 aliphatic rings. The third-order valence-electron chi connectivity index (χ3n) is 3.10. The summed E-state index contributed by atoms with van der Waals surface area (Å²) in [5.41, 5.74) is 4.03. The maximum absolute atomic E-state index is 13.7. The first-order valence-corrected chi connectivity index (χ1v) is 5.71. The number of nitrogens with two attached hydrogens (primary N) is 1. The van der Waals surface area contributed by atoms with E-state index in [0.717, 1.165) is 11.0 Å². The molecule has 0 unspecified atom stereocenters. The lowest BCUT2D eigenvalue weighted by atomic mass is 9.92. The molecule has 1 saturated heterocycles. The summed E-state index contributed by atoms with van der Waals surface area (Å²) in [7, 11) is 0. The van der Waals surface area contributed by atoms with Crippen LogP contribution in [0.1, 0.15) is 30.6 Å². The zero-order chi connectivity index (χ0) is 14.4. The number of carbonyl (C=O) groups excluding carboxylic acids is 3. The van der Waals surface area contributed by atoms with E-state index in [1.807, 2.05) is 0 Å². The van der Waals surface area contributed by atoms with E-state index in [-0.39, 0.29) is 29.5 Å². The number of nitrogens with zero attached hydrogens (tertiary/aromatic N) is 1. The Morgan fingerprint density at radius 1 is 1.37 bits per heavy atom. The Morgan fingerprint density at radius 3 is 2.42 bits per heavy atom. The number of carbonyl (C=O) groups is 3. The standard InChI is InChI=1S/C13H13FN2O3/c1-13(2)6-10(17)16(12(13)19)7-3-4-8(11(15)18)9(14)5-7/h3-5H,6H2,1-2H3,(H2,15,18). The zero-order valence-corrected chi connectivity index (χ0v) is 10.6. The van der Waals surface area contributed by atoms with Crippen LogP contribution in [0.5, 0.6) is 0 Å². The normalized spacial score (nSPS) is 17.9. The molecular formula is C13H13FN2O3. The van der Waals surface area contributed by atoms with Crippen molar-refractivity contribution in [2.75, 3.05) is 4.90 Å². The second-order valence-electron chi connectivity index (χ2n) is 5.12. The molecule has 2 rings (SSSR count). The van der Waals surface area contributed by atoms with Gasteiger partial charge in [-0.05, 0) is 18.2 Å². The van der Waals surface area contributed by atoms with Crippen molar-refractivity contribution in [3.63, 3.8) is 0 Å². The van der Waals surface area contributed by atoms with Gasteiger partial charge in [-0.15, -0.1) is 0 Å². The van der Waals surface area contributed by atoms with E-state index in [0.29, 0.717) is 0 Å². The van der Waals surface area contributed by atoms with Gasteiger partial charge in [-0.1, -0.05) is 13.8 Å². The fourth-order valence-corrected chi connectivity index (χ4v) is 2.05. The Labute approximate surface area is 109 Å². The van der Waals surface area contributed by atoms with Crippen molar-refractivity contribution in [2.45, 2.75) is 20.3 Å². The fraction of sp³-hybridized carbons (Fsp3) is 0.308. The minimum atomic E-state index is -0.900. The third kappa shape index (κ3) is 2.09. The molecule has 6 heteroatoms. The molecule has 0 bridgehead atoms. The summed E-state index contributed by atoms with van der Waals surface area (Å²) in [6.07, 6.45) is 0.0744. The summed E-state index contributed by atoms with van der Waals surface area (Å²) < 4.78 is 13.7. The second-order valence-corrected chi connectivity index (χ2v) is 5.12. The van der Waals surface area contributed by atoms with E-state index < -0.39 is 17.1 Å². The SMILES string of the molecule is CC1(C)CC(=O)N(c2ccc(C(N)=O)c(F)c2)C1=O. The van der Waals surface area contributed by atoms with Gasteiger partial charge in [0.2, 0.25) is 11.8 Å². The maximum atomic E-state index is 13.7. The molecule has 1 aromatic rings. The number of rotatable bonds is 2. The molecule has 0 atom stereocenters. The quantitative estimate of drug-likeness (QED) is 0.815. The summed E-state index contributed by atoms with van der Waals surface area (Å²) in [5.74, 6) is -2.52. The van der Waals surface area contributed by atoms with Crippen molar-refractivity contribution >= 4 is 23.4 Å². The first-order valence-electron chi connectivity index (χ1n) is 5.71. The topological polar surface area (TPSA) is 80.5 Å². The van der Waals surface area contributed by atoms with Crippen molar-refractivity contribution in [1.29, 1.82) is 0 Å². The van der Waals surface area contributed by atoms with E-state index >= 15 is 0 Å². The number of hydrogen-bond acceptors (Lipinski definition) is 3. The van der Waals surface area contributed by atoms with Gasteiger partial charge in [0.15, 0.2) is 0 Å². The van der Waals surface area contributed by atoms with Crippen molar-refractivity contribution in [3.05, 3.63) is 29.6 Å². The molecular weight excluding hydrogens is 251 g/mol. The predicted octanol–water partition coefficient (Wildman–Crippen LogP) is 1.21. The van der Waals surface area contributed by atoms with Crippen LogP contribution in [0.2, 0.25) is 0 Å². The Morgan fingerprint density at radius 2 is 2.00 bits per heavy atom. The lowest BCUT2D eigenvalue weighted by Crippen LogP contribution is -2.33. The third-order valence-corrected chi connectivity index (χ3v) is 3.10. The molecule has 0 aliphatic carbocycles. The van der Waals surface area contributed by atoms with Crippen LogP contribution >= 0.6 is 0 Å². The highest BCUT2D eigenvalue weighted by Gasteiger charge is 2.45. The van der Waals surface area contributed by atoms with Crippen molar-refractivity contribution in [1.82, 2.24) is 0 Å². The zero-order valence-electron chi connectivity index (χ0n) is 10.6. The largest absolute Gasteiger partial charge is 0.366 e. The fourth-order valence-electron chi connectivity index (χ4n) is 2.05. The van der Waals surface area contributed by atoms with Gasteiger partial charge < -0.3 is 5.73 Å². The predicted molar refractivity (Wildman–Crippen MR) is 65.8 cm³/mol. The molecule has 3 amide bonds.